The number of aliphatic carboxylic acids is 1. The highest BCUT2D eigenvalue weighted by Crippen LogP contribution is 2.80. The van der Waals surface area contributed by atoms with Gasteiger partial charge in [-0.1, -0.05) is 52.7 Å². The van der Waals surface area contributed by atoms with Crippen LogP contribution in [0.4, 0.5) is 0 Å². The van der Waals surface area contributed by atoms with Crippen LogP contribution < -0.4 is 5.73 Å². The third-order valence-corrected chi connectivity index (χ3v) is 7.24. The molecule has 2 aliphatic rings. The number of nitrogens with two attached hydrogens (primary N) is 1. The highest BCUT2D eigenvalue weighted by molar-refractivity contribution is 5.94. The Morgan fingerprint density at radius 3 is 2.16 bits per heavy atom. The SMILES string of the molecule is CC(C)=C[C@H]1C(C)(C)[C@]1(C(=O)O)[C@@]1(C(N)=O)C[C@@H](C)CC[C@@H]1C(C)C. The minimum absolute atomic E-state index is 0.00661. The number of hydrogen-bond acceptors (Lipinski definition) is 2. The summed E-state index contributed by atoms with van der Waals surface area (Å²) in [4.78, 5) is 25.7. The van der Waals surface area contributed by atoms with Crippen molar-refractivity contribution in [2.24, 2.45) is 45.7 Å². The molecular weight excluding hydrogens is 314 g/mol. The minimum atomic E-state index is -1.12. The van der Waals surface area contributed by atoms with Gasteiger partial charge >= 0.3 is 5.97 Å². The molecule has 0 aromatic heterocycles. The Balaban J connectivity index is 2.77. The van der Waals surface area contributed by atoms with Crippen molar-refractivity contribution in [2.45, 2.75) is 67.7 Å². The molecule has 4 nitrogen and oxygen atoms in total. The number of carboxylic acids is 1. The Morgan fingerprint density at radius 1 is 1.20 bits per heavy atom. The zero-order valence-corrected chi connectivity index (χ0v) is 16.8. The quantitative estimate of drug-likeness (QED) is 0.728. The summed E-state index contributed by atoms with van der Waals surface area (Å²) < 4.78 is 0. The van der Waals surface area contributed by atoms with Gasteiger partial charge in [-0.05, 0) is 49.9 Å². The van der Waals surface area contributed by atoms with Gasteiger partial charge < -0.3 is 10.8 Å². The summed E-state index contributed by atoms with van der Waals surface area (Å²) in [6, 6.07) is 0. The van der Waals surface area contributed by atoms with Crippen molar-refractivity contribution in [3.05, 3.63) is 11.6 Å². The molecular formula is C21H35NO3. The number of carbonyl (C=O) groups is 2. The van der Waals surface area contributed by atoms with Crippen molar-refractivity contribution >= 4 is 11.9 Å². The molecule has 0 spiro atoms. The zero-order valence-electron chi connectivity index (χ0n) is 16.8. The summed E-state index contributed by atoms with van der Waals surface area (Å²) in [5.74, 6) is -0.910. The van der Waals surface area contributed by atoms with Gasteiger partial charge in [-0.3, -0.25) is 9.59 Å². The number of carbonyl (C=O) groups excluding carboxylic acids is 1. The van der Waals surface area contributed by atoms with Crippen LogP contribution in [0.3, 0.4) is 0 Å². The predicted molar refractivity (Wildman–Crippen MR) is 99.7 cm³/mol. The first-order chi connectivity index (χ1) is 11.4. The molecule has 0 bridgehead atoms. The van der Waals surface area contributed by atoms with Crippen LogP contribution >= 0.6 is 0 Å². The maximum absolute atomic E-state index is 13.0. The molecule has 1 amide bonds. The molecule has 0 radical (unpaired) electrons. The van der Waals surface area contributed by atoms with E-state index in [9.17, 15) is 14.7 Å². The van der Waals surface area contributed by atoms with E-state index < -0.39 is 28.1 Å². The number of primary amides is 1. The molecule has 0 aliphatic heterocycles. The fourth-order valence-electron chi connectivity index (χ4n) is 6.27. The molecule has 2 fully saturated rings. The van der Waals surface area contributed by atoms with Gasteiger partial charge in [0.2, 0.25) is 5.91 Å². The van der Waals surface area contributed by atoms with Gasteiger partial charge in [0, 0.05) is 5.92 Å². The fourth-order valence-corrected chi connectivity index (χ4v) is 6.27. The van der Waals surface area contributed by atoms with Crippen LogP contribution in [-0.2, 0) is 9.59 Å². The van der Waals surface area contributed by atoms with Crippen molar-refractivity contribution in [1.29, 1.82) is 0 Å². The Hall–Kier alpha value is -1.32. The lowest BCUT2D eigenvalue weighted by Crippen LogP contribution is -2.58. The highest BCUT2D eigenvalue weighted by atomic mass is 16.4. The van der Waals surface area contributed by atoms with Crippen molar-refractivity contribution in [1.82, 2.24) is 0 Å². The summed E-state index contributed by atoms with van der Waals surface area (Å²) in [7, 11) is 0. The smallest absolute Gasteiger partial charge is 0.311 e. The summed E-state index contributed by atoms with van der Waals surface area (Å²) in [5.41, 5.74) is 4.53. The van der Waals surface area contributed by atoms with Gasteiger partial charge in [-0.2, -0.15) is 0 Å². The number of rotatable bonds is 5. The average molecular weight is 350 g/mol. The van der Waals surface area contributed by atoms with Gasteiger partial charge in [-0.15, -0.1) is 0 Å². The second kappa shape index (κ2) is 6.14. The second-order valence-corrected chi connectivity index (χ2v) is 9.63. The maximum atomic E-state index is 13.0. The lowest BCUT2D eigenvalue weighted by Gasteiger charge is -2.51. The molecule has 2 rings (SSSR count). The fraction of sp³-hybridized carbons (Fsp3) is 0.810. The first kappa shape index (κ1) is 20.0. The first-order valence-electron chi connectivity index (χ1n) is 9.55. The molecule has 2 saturated carbocycles. The largest absolute Gasteiger partial charge is 0.481 e. The van der Waals surface area contributed by atoms with Crippen LogP contribution in [0.25, 0.3) is 0 Å². The molecule has 4 heteroatoms. The molecule has 3 N–H and O–H groups in total. The van der Waals surface area contributed by atoms with Crippen LogP contribution in [0.2, 0.25) is 0 Å². The topological polar surface area (TPSA) is 80.4 Å². The molecule has 0 aromatic rings. The molecule has 2 aliphatic carbocycles. The van der Waals surface area contributed by atoms with Gasteiger partial charge in [0.25, 0.3) is 0 Å². The molecule has 5 atom stereocenters. The van der Waals surface area contributed by atoms with E-state index >= 15 is 0 Å². The maximum Gasteiger partial charge on any atom is 0.311 e. The molecule has 0 saturated heterocycles. The van der Waals surface area contributed by atoms with E-state index in [0.29, 0.717) is 12.3 Å². The lowest BCUT2D eigenvalue weighted by atomic mass is 9.51. The van der Waals surface area contributed by atoms with Crippen molar-refractivity contribution in [3.8, 4) is 0 Å². The van der Waals surface area contributed by atoms with Gasteiger partial charge in [0.1, 0.15) is 0 Å². The number of hydrogen-bond donors (Lipinski definition) is 2. The molecule has 0 heterocycles. The van der Waals surface area contributed by atoms with Gasteiger partial charge in [0.15, 0.2) is 0 Å². The number of carboxylic acid groups (broad SMARTS) is 1. The Kier molecular flexibility index (Phi) is 4.91. The van der Waals surface area contributed by atoms with E-state index in [1.807, 2.05) is 27.7 Å². The van der Waals surface area contributed by atoms with E-state index in [1.165, 1.54) is 0 Å². The monoisotopic (exact) mass is 349 g/mol. The summed E-state index contributed by atoms with van der Waals surface area (Å²) in [5, 5.41) is 10.4. The van der Waals surface area contributed by atoms with E-state index in [-0.39, 0.29) is 17.8 Å². The third-order valence-electron chi connectivity index (χ3n) is 7.24. The van der Waals surface area contributed by atoms with Crippen LogP contribution in [0.1, 0.15) is 67.7 Å². The zero-order chi connectivity index (χ0) is 19.4. The van der Waals surface area contributed by atoms with Crippen LogP contribution in [0.5, 0.6) is 0 Å². The number of amides is 1. The van der Waals surface area contributed by atoms with Crippen molar-refractivity contribution < 1.29 is 14.7 Å². The van der Waals surface area contributed by atoms with E-state index in [0.717, 1.165) is 18.4 Å². The van der Waals surface area contributed by atoms with Crippen molar-refractivity contribution in [3.63, 3.8) is 0 Å². The van der Waals surface area contributed by atoms with Gasteiger partial charge in [-0.25, -0.2) is 0 Å². The first-order valence-corrected chi connectivity index (χ1v) is 9.55. The molecule has 0 unspecified atom stereocenters. The average Bonchev–Trinajstić information content (AvgIpc) is 2.94. The van der Waals surface area contributed by atoms with Crippen LogP contribution in [-0.4, -0.2) is 17.0 Å². The Bertz CT molecular complexity index is 602. The molecule has 25 heavy (non-hydrogen) atoms. The normalized spacial score (nSPS) is 39.8. The molecule has 142 valence electrons. The summed E-state index contributed by atoms with van der Waals surface area (Å²) >= 11 is 0. The van der Waals surface area contributed by atoms with E-state index in [4.69, 9.17) is 5.73 Å². The summed E-state index contributed by atoms with van der Waals surface area (Å²) in [6.07, 6.45) is 4.53. The summed E-state index contributed by atoms with van der Waals surface area (Å²) in [6.45, 7) is 14.3. The minimum Gasteiger partial charge on any atom is -0.481 e. The second-order valence-electron chi connectivity index (χ2n) is 9.63. The van der Waals surface area contributed by atoms with Crippen LogP contribution in [0, 0.1) is 39.9 Å². The highest BCUT2D eigenvalue weighted by Gasteiger charge is 2.85. The van der Waals surface area contributed by atoms with Crippen LogP contribution in [0.15, 0.2) is 11.6 Å². The number of allylic oxidation sites excluding steroid dienone is 2. The molecule has 0 aromatic carbocycles. The standard InChI is InChI=1S/C21H35NO3/c1-12(2)10-16-19(6,7)21(16,18(24)25)20(17(22)23)11-14(5)8-9-15(20)13(3)4/h10,13-16H,8-9,11H2,1-7H3,(H2,22,23)(H,24,25)/t14-,15+,16-,20-,21-/m0/s1. The third kappa shape index (κ3) is 2.47. The lowest BCUT2D eigenvalue weighted by molar-refractivity contribution is -0.169. The van der Waals surface area contributed by atoms with Gasteiger partial charge in [0.05, 0.1) is 10.8 Å². The van der Waals surface area contributed by atoms with E-state index in [2.05, 4.69) is 26.8 Å². The van der Waals surface area contributed by atoms with E-state index in [1.54, 1.807) is 0 Å². The predicted octanol–water partition coefficient (Wildman–Crippen LogP) is 4.24. The Labute approximate surface area is 152 Å². The Morgan fingerprint density at radius 2 is 1.76 bits per heavy atom. The van der Waals surface area contributed by atoms with Crippen molar-refractivity contribution in [2.75, 3.05) is 0 Å².